The maximum Gasteiger partial charge on any atom is 0.332 e. The number of aromatic nitrogens is 2. The summed E-state index contributed by atoms with van der Waals surface area (Å²) in [5.74, 6) is -0.856. The second-order valence-electron chi connectivity index (χ2n) is 8.93. The smallest absolute Gasteiger partial charge is 0.332 e. The molecule has 1 aliphatic heterocycles. The predicted octanol–water partition coefficient (Wildman–Crippen LogP) is 3.78. The van der Waals surface area contributed by atoms with Gasteiger partial charge in [0.05, 0.1) is 5.69 Å². The van der Waals surface area contributed by atoms with E-state index in [-0.39, 0.29) is 35.4 Å². The fraction of sp³-hybridized carbons (Fsp3) is 0.222. The number of hydrogen-bond donors (Lipinski definition) is 2. The molecule has 37 heavy (non-hydrogen) atoms. The summed E-state index contributed by atoms with van der Waals surface area (Å²) in [6.45, 7) is 4.36. The molecule has 1 aromatic heterocycles. The van der Waals surface area contributed by atoms with Crippen molar-refractivity contribution in [3.8, 4) is 11.3 Å². The van der Waals surface area contributed by atoms with Gasteiger partial charge in [0.15, 0.2) is 10.5 Å². The third-order valence-electron chi connectivity index (χ3n) is 5.75. The highest BCUT2D eigenvalue weighted by Gasteiger charge is 2.43. The van der Waals surface area contributed by atoms with Crippen LogP contribution in [0.25, 0.3) is 11.3 Å². The molecule has 2 N–H and O–H groups in total. The molecule has 3 amide bonds. The average Bonchev–Trinajstić information content (AvgIpc) is 2.92. The highest BCUT2D eigenvalue weighted by molar-refractivity contribution is 7.95. The van der Waals surface area contributed by atoms with E-state index in [2.05, 4.69) is 15.3 Å². The van der Waals surface area contributed by atoms with Gasteiger partial charge >= 0.3 is 6.03 Å². The summed E-state index contributed by atoms with van der Waals surface area (Å²) in [5.41, 5.74) is 2.51. The number of likely N-dealkylation sites (N-methyl/N-ethyl adjacent to an activating group) is 1. The number of nitrogens with zero attached hydrogens (tertiary/aromatic N) is 4. The predicted molar refractivity (Wildman–Crippen MR) is 142 cm³/mol. The Morgan fingerprint density at radius 3 is 2.41 bits per heavy atom. The zero-order valence-electron chi connectivity index (χ0n) is 20.8. The first-order valence-electron chi connectivity index (χ1n) is 11.8. The molecule has 2 heterocycles. The van der Waals surface area contributed by atoms with Crippen molar-refractivity contribution in [3.05, 3.63) is 89.4 Å². The Morgan fingerprint density at radius 1 is 1.08 bits per heavy atom. The van der Waals surface area contributed by atoms with Crippen molar-refractivity contribution in [2.45, 2.75) is 25.3 Å². The van der Waals surface area contributed by atoms with Gasteiger partial charge in [0.1, 0.15) is 12.2 Å². The van der Waals surface area contributed by atoms with Crippen molar-refractivity contribution < 1.29 is 14.1 Å². The van der Waals surface area contributed by atoms with E-state index in [1.165, 1.54) is 18.3 Å². The standard InChI is InChI=1S/C27H28N6O3S/c1-18(2)16-33-24(28)23(26(34)32(3)27(33)35)25(37(36)21-7-5-4-6-8-21)30-15-19-9-11-20(12-10-19)22-13-14-29-17-31-22/h4-14,17-18,28,30H,15-16H2,1-3H3/b25-23-,28-24?. The monoisotopic (exact) mass is 516 g/mol. The van der Waals surface area contributed by atoms with Crippen molar-refractivity contribution in [3.63, 3.8) is 0 Å². The van der Waals surface area contributed by atoms with E-state index in [0.717, 1.165) is 21.7 Å². The van der Waals surface area contributed by atoms with Crippen LogP contribution >= 0.6 is 0 Å². The summed E-state index contributed by atoms with van der Waals surface area (Å²) in [6.07, 6.45) is 3.16. The van der Waals surface area contributed by atoms with Crippen molar-refractivity contribution >= 4 is 28.9 Å². The molecule has 2 aromatic carbocycles. The lowest BCUT2D eigenvalue weighted by Crippen LogP contribution is -2.56. The lowest BCUT2D eigenvalue weighted by atomic mass is 10.1. The van der Waals surface area contributed by atoms with Crippen LogP contribution in [0.3, 0.4) is 0 Å². The van der Waals surface area contributed by atoms with Gasteiger partial charge in [-0.2, -0.15) is 0 Å². The minimum Gasteiger partial charge on any atom is -0.605 e. The van der Waals surface area contributed by atoms with Crippen molar-refractivity contribution in [2.75, 3.05) is 13.6 Å². The molecular formula is C27H28N6O3S. The maximum absolute atomic E-state index is 13.7. The van der Waals surface area contributed by atoms with Gasteiger partial charge in [0, 0.05) is 43.1 Å². The quantitative estimate of drug-likeness (QED) is 0.347. The third-order valence-corrected chi connectivity index (χ3v) is 7.16. The number of nitrogens with one attached hydrogen (secondary N) is 2. The van der Waals surface area contributed by atoms with Crippen LogP contribution < -0.4 is 5.32 Å². The van der Waals surface area contributed by atoms with Crippen molar-refractivity contribution in [2.24, 2.45) is 5.92 Å². The van der Waals surface area contributed by atoms with Crippen LogP contribution in [0.5, 0.6) is 0 Å². The first kappa shape index (κ1) is 26.1. The number of rotatable bonds is 8. The summed E-state index contributed by atoms with van der Waals surface area (Å²) in [4.78, 5) is 36.9. The van der Waals surface area contributed by atoms with E-state index >= 15 is 0 Å². The summed E-state index contributed by atoms with van der Waals surface area (Å²) in [7, 11) is 1.37. The third kappa shape index (κ3) is 5.71. The van der Waals surface area contributed by atoms with Crippen LogP contribution in [-0.2, 0) is 22.5 Å². The SMILES string of the molecule is CC(C)CN1C(=N)/C(=C(\NCc2ccc(-c3ccncn3)cc2)[S+]([O-])c2ccccc2)C(=O)N(C)C1=O. The molecule has 4 rings (SSSR count). The van der Waals surface area contributed by atoms with Crippen molar-refractivity contribution in [1.29, 1.82) is 5.41 Å². The minimum atomic E-state index is -1.80. The molecular weight excluding hydrogens is 488 g/mol. The number of carbonyl (C=O) groups is 2. The molecule has 1 aliphatic rings. The highest BCUT2D eigenvalue weighted by Crippen LogP contribution is 2.27. The number of amides is 3. The Kier molecular flexibility index (Phi) is 8.00. The molecule has 10 heteroatoms. The number of urea groups is 1. The summed E-state index contributed by atoms with van der Waals surface area (Å²) < 4.78 is 13.7. The first-order valence-corrected chi connectivity index (χ1v) is 12.9. The molecule has 190 valence electrons. The highest BCUT2D eigenvalue weighted by atomic mass is 32.2. The first-order chi connectivity index (χ1) is 17.8. The molecule has 1 fully saturated rings. The molecule has 0 spiro atoms. The Hall–Kier alpha value is -4.02. The summed E-state index contributed by atoms with van der Waals surface area (Å²) in [6, 6.07) is 17.6. The minimum absolute atomic E-state index is 0.0663. The van der Waals surface area contributed by atoms with Crippen LogP contribution in [0, 0.1) is 11.3 Å². The molecule has 1 atom stereocenters. The molecule has 3 aromatic rings. The van der Waals surface area contributed by atoms with Gasteiger partial charge in [-0.25, -0.2) is 14.8 Å². The van der Waals surface area contributed by atoms with Gasteiger partial charge in [-0.15, -0.1) is 0 Å². The Balaban J connectivity index is 1.69. The lowest BCUT2D eigenvalue weighted by molar-refractivity contribution is -0.123. The lowest BCUT2D eigenvalue weighted by Gasteiger charge is -2.35. The zero-order chi connectivity index (χ0) is 26.5. The second-order valence-corrected chi connectivity index (χ2v) is 10.3. The number of imide groups is 1. The van der Waals surface area contributed by atoms with Gasteiger partial charge in [-0.1, -0.05) is 56.3 Å². The molecule has 0 bridgehead atoms. The Labute approximate surface area is 218 Å². The van der Waals surface area contributed by atoms with Gasteiger partial charge in [-0.3, -0.25) is 20.0 Å². The second kappa shape index (κ2) is 11.4. The van der Waals surface area contributed by atoms with E-state index < -0.39 is 23.1 Å². The normalized spacial score (nSPS) is 16.3. The van der Waals surface area contributed by atoms with Gasteiger partial charge < -0.3 is 9.87 Å². The van der Waals surface area contributed by atoms with E-state index in [9.17, 15) is 14.1 Å². The Morgan fingerprint density at radius 2 is 1.78 bits per heavy atom. The molecule has 0 saturated carbocycles. The van der Waals surface area contributed by atoms with Gasteiger partial charge in [0.2, 0.25) is 5.03 Å². The summed E-state index contributed by atoms with van der Waals surface area (Å²) in [5, 5.41) is 12.0. The van der Waals surface area contributed by atoms with Crippen LogP contribution in [-0.4, -0.2) is 55.7 Å². The molecule has 0 radical (unpaired) electrons. The van der Waals surface area contributed by atoms with Gasteiger partial charge in [0.25, 0.3) is 5.91 Å². The fourth-order valence-electron chi connectivity index (χ4n) is 3.85. The molecule has 9 nitrogen and oxygen atoms in total. The largest absolute Gasteiger partial charge is 0.605 e. The van der Waals surface area contributed by atoms with Crippen molar-refractivity contribution in [1.82, 2.24) is 25.1 Å². The van der Waals surface area contributed by atoms with Crippen LogP contribution in [0.2, 0.25) is 0 Å². The molecule has 1 saturated heterocycles. The summed E-state index contributed by atoms with van der Waals surface area (Å²) >= 11 is -1.80. The zero-order valence-corrected chi connectivity index (χ0v) is 21.7. The fourth-order valence-corrected chi connectivity index (χ4v) is 5.07. The van der Waals surface area contributed by atoms with Gasteiger partial charge in [-0.05, 0) is 29.7 Å². The average molecular weight is 517 g/mol. The Bertz CT molecular complexity index is 1310. The van der Waals surface area contributed by atoms with E-state index in [1.54, 1.807) is 30.5 Å². The van der Waals surface area contributed by atoms with E-state index in [4.69, 9.17) is 5.41 Å². The maximum atomic E-state index is 13.7. The van der Waals surface area contributed by atoms with Crippen LogP contribution in [0.1, 0.15) is 19.4 Å². The number of hydrogen-bond acceptors (Lipinski definition) is 7. The number of carbonyl (C=O) groups excluding carboxylic acids is 2. The van der Waals surface area contributed by atoms with Crippen LogP contribution in [0.15, 0.2) is 88.7 Å². The topological polar surface area (TPSA) is 125 Å². The van der Waals surface area contributed by atoms with Crippen LogP contribution in [0.4, 0.5) is 4.79 Å². The molecule has 0 aliphatic carbocycles. The van der Waals surface area contributed by atoms with E-state index in [1.807, 2.05) is 50.2 Å². The molecule has 1 unspecified atom stereocenters. The number of benzene rings is 2. The number of amidine groups is 1. The van der Waals surface area contributed by atoms with E-state index in [0.29, 0.717) is 4.90 Å².